The summed E-state index contributed by atoms with van der Waals surface area (Å²) in [5, 5.41) is 3.47. The summed E-state index contributed by atoms with van der Waals surface area (Å²) in [6.45, 7) is 8.19. The third-order valence-electron chi connectivity index (χ3n) is 4.68. The van der Waals surface area contributed by atoms with Crippen molar-refractivity contribution in [1.82, 2.24) is 10.2 Å². The molecule has 20 heavy (non-hydrogen) atoms. The molecule has 1 N–H and O–H groups in total. The zero-order valence-electron chi connectivity index (χ0n) is 12.1. The van der Waals surface area contributed by atoms with E-state index in [2.05, 4.69) is 17.1 Å². The Morgan fingerprint density at radius 1 is 1.35 bits per heavy atom. The van der Waals surface area contributed by atoms with Crippen LogP contribution in [0.3, 0.4) is 0 Å². The first-order valence-electron chi connectivity index (χ1n) is 7.33. The van der Waals surface area contributed by atoms with Crippen molar-refractivity contribution in [3.63, 3.8) is 0 Å². The van der Waals surface area contributed by atoms with Gasteiger partial charge in [-0.25, -0.2) is 4.39 Å². The molecule has 2 heterocycles. The highest BCUT2D eigenvalue weighted by Crippen LogP contribution is 2.32. The molecule has 2 aliphatic heterocycles. The lowest BCUT2D eigenvalue weighted by Crippen LogP contribution is -2.36. The molecule has 0 radical (unpaired) electrons. The topological polar surface area (TPSA) is 15.3 Å². The molecule has 2 aliphatic rings. The number of halogens is 2. The Bertz CT molecular complexity index is 429. The number of hydrogen-bond acceptors (Lipinski definition) is 2. The Balaban J connectivity index is 0.00000147. The minimum atomic E-state index is -0.136. The van der Waals surface area contributed by atoms with Gasteiger partial charge in [0.25, 0.3) is 0 Å². The minimum absolute atomic E-state index is 0. The second-order valence-electron chi connectivity index (χ2n) is 6.51. The van der Waals surface area contributed by atoms with Crippen LogP contribution in [0.5, 0.6) is 0 Å². The van der Waals surface area contributed by atoms with E-state index < -0.39 is 0 Å². The predicted molar refractivity (Wildman–Crippen MR) is 83.0 cm³/mol. The molecule has 2 fully saturated rings. The summed E-state index contributed by atoms with van der Waals surface area (Å²) in [7, 11) is 0. The zero-order chi connectivity index (χ0) is 13.3. The highest BCUT2D eigenvalue weighted by atomic mass is 35.5. The molecular weight excluding hydrogens is 275 g/mol. The van der Waals surface area contributed by atoms with Crippen LogP contribution in [-0.4, -0.2) is 37.6 Å². The number of nitrogens with zero attached hydrogens (tertiary/aromatic N) is 1. The normalized spacial score (nSPS) is 30.4. The lowest BCUT2D eigenvalue weighted by Gasteiger charge is -2.29. The monoisotopic (exact) mass is 298 g/mol. The summed E-state index contributed by atoms with van der Waals surface area (Å²) in [5.41, 5.74) is 1.73. The molecule has 0 saturated carbocycles. The van der Waals surface area contributed by atoms with Gasteiger partial charge in [-0.15, -0.1) is 12.4 Å². The Morgan fingerprint density at radius 2 is 2.10 bits per heavy atom. The molecule has 2 saturated heterocycles. The molecule has 2 unspecified atom stereocenters. The van der Waals surface area contributed by atoms with Crippen molar-refractivity contribution in [1.29, 1.82) is 0 Å². The van der Waals surface area contributed by atoms with Crippen LogP contribution in [0.4, 0.5) is 4.39 Å². The molecule has 112 valence electrons. The Labute approximate surface area is 127 Å². The van der Waals surface area contributed by atoms with Crippen LogP contribution >= 0.6 is 12.4 Å². The van der Waals surface area contributed by atoms with Gasteiger partial charge in [-0.05, 0) is 55.0 Å². The summed E-state index contributed by atoms with van der Waals surface area (Å²) in [5.74, 6) is 0.446. The lowest BCUT2D eigenvalue weighted by atomic mass is 9.89. The average molecular weight is 299 g/mol. The van der Waals surface area contributed by atoms with E-state index in [-0.39, 0.29) is 18.2 Å². The van der Waals surface area contributed by atoms with Crippen molar-refractivity contribution in [2.24, 2.45) is 5.41 Å². The van der Waals surface area contributed by atoms with E-state index in [1.54, 1.807) is 12.1 Å². The number of nitrogens with one attached hydrogen (secondary N) is 1. The molecule has 0 aliphatic carbocycles. The molecule has 0 amide bonds. The second kappa shape index (κ2) is 6.42. The maximum Gasteiger partial charge on any atom is 0.123 e. The Kier molecular flexibility index (Phi) is 5.05. The van der Waals surface area contributed by atoms with Crippen molar-refractivity contribution in [3.8, 4) is 0 Å². The van der Waals surface area contributed by atoms with Gasteiger partial charge in [0.15, 0.2) is 0 Å². The van der Waals surface area contributed by atoms with Gasteiger partial charge in [0, 0.05) is 19.6 Å². The number of likely N-dealkylation sites (tertiary alicyclic amines) is 1. The maximum absolute atomic E-state index is 13.0. The molecule has 4 heteroatoms. The third kappa shape index (κ3) is 3.51. The summed E-state index contributed by atoms with van der Waals surface area (Å²) in [4.78, 5) is 2.58. The first kappa shape index (κ1) is 15.7. The minimum Gasteiger partial charge on any atom is -0.316 e. The molecule has 1 aromatic rings. The van der Waals surface area contributed by atoms with E-state index >= 15 is 0 Å². The lowest BCUT2D eigenvalue weighted by molar-refractivity contribution is 0.207. The standard InChI is InChI=1S/C16H23FN2.ClH/c1-16(7-8-18-11-16)12-19-9-6-14(10-19)13-2-4-15(17)5-3-13;/h2-5,14,18H,6-12H2,1H3;1H. The number of benzene rings is 1. The van der Waals surface area contributed by atoms with Gasteiger partial charge in [-0.2, -0.15) is 0 Å². The van der Waals surface area contributed by atoms with Gasteiger partial charge >= 0.3 is 0 Å². The highest BCUT2D eigenvalue weighted by molar-refractivity contribution is 5.85. The molecule has 0 spiro atoms. The molecule has 0 bridgehead atoms. The largest absolute Gasteiger partial charge is 0.316 e. The van der Waals surface area contributed by atoms with Crippen molar-refractivity contribution in [2.75, 3.05) is 32.7 Å². The van der Waals surface area contributed by atoms with Crippen LogP contribution < -0.4 is 5.32 Å². The van der Waals surface area contributed by atoms with E-state index in [9.17, 15) is 4.39 Å². The van der Waals surface area contributed by atoms with E-state index in [1.165, 1.54) is 31.5 Å². The molecule has 3 rings (SSSR count). The van der Waals surface area contributed by atoms with Crippen LogP contribution in [0.2, 0.25) is 0 Å². The molecule has 2 atom stereocenters. The summed E-state index contributed by atoms with van der Waals surface area (Å²) >= 11 is 0. The van der Waals surface area contributed by atoms with Crippen molar-refractivity contribution >= 4 is 12.4 Å². The number of rotatable bonds is 3. The fourth-order valence-electron chi connectivity index (χ4n) is 3.53. The Hall–Kier alpha value is -0.640. The molecule has 2 nitrogen and oxygen atoms in total. The van der Waals surface area contributed by atoms with Crippen molar-refractivity contribution in [2.45, 2.75) is 25.7 Å². The zero-order valence-corrected chi connectivity index (χ0v) is 12.9. The molecule has 1 aromatic carbocycles. The first-order valence-corrected chi connectivity index (χ1v) is 7.33. The van der Waals surface area contributed by atoms with Crippen LogP contribution in [-0.2, 0) is 0 Å². The van der Waals surface area contributed by atoms with Crippen LogP contribution in [0.25, 0.3) is 0 Å². The van der Waals surface area contributed by atoms with Gasteiger partial charge in [0.05, 0.1) is 0 Å². The van der Waals surface area contributed by atoms with E-state index in [0.29, 0.717) is 11.3 Å². The predicted octanol–water partition coefficient (Wildman–Crippen LogP) is 3.04. The summed E-state index contributed by atoms with van der Waals surface area (Å²) < 4.78 is 13.0. The fourth-order valence-corrected chi connectivity index (χ4v) is 3.53. The van der Waals surface area contributed by atoms with Crippen molar-refractivity contribution < 1.29 is 4.39 Å². The first-order chi connectivity index (χ1) is 9.15. The molecular formula is C16H24ClFN2. The van der Waals surface area contributed by atoms with E-state index in [1.807, 2.05) is 12.1 Å². The second-order valence-corrected chi connectivity index (χ2v) is 6.51. The van der Waals surface area contributed by atoms with Crippen LogP contribution in [0, 0.1) is 11.2 Å². The molecule has 0 aromatic heterocycles. The Morgan fingerprint density at radius 3 is 2.75 bits per heavy atom. The average Bonchev–Trinajstić information content (AvgIpc) is 3.00. The quantitative estimate of drug-likeness (QED) is 0.923. The van der Waals surface area contributed by atoms with E-state index in [4.69, 9.17) is 0 Å². The summed E-state index contributed by atoms with van der Waals surface area (Å²) in [6, 6.07) is 7.06. The van der Waals surface area contributed by atoms with Gasteiger partial charge in [0.2, 0.25) is 0 Å². The highest BCUT2D eigenvalue weighted by Gasteiger charge is 2.33. The fraction of sp³-hybridized carbons (Fsp3) is 0.625. The van der Waals surface area contributed by atoms with Crippen LogP contribution in [0.15, 0.2) is 24.3 Å². The van der Waals surface area contributed by atoms with E-state index in [0.717, 1.165) is 19.6 Å². The SMILES string of the molecule is CC1(CN2CCC(c3ccc(F)cc3)C2)CCNC1.Cl. The maximum atomic E-state index is 13.0. The van der Waals surface area contributed by atoms with Gasteiger partial charge in [-0.1, -0.05) is 19.1 Å². The van der Waals surface area contributed by atoms with Crippen molar-refractivity contribution in [3.05, 3.63) is 35.6 Å². The van der Waals surface area contributed by atoms with Gasteiger partial charge < -0.3 is 10.2 Å². The smallest absolute Gasteiger partial charge is 0.123 e. The summed E-state index contributed by atoms with van der Waals surface area (Å²) in [6.07, 6.45) is 2.49. The third-order valence-corrected chi connectivity index (χ3v) is 4.68. The van der Waals surface area contributed by atoms with Crippen LogP contribution in [0.1, 0.15) is 31.2 Å². The number of hydrogen-bond donors (Lipinski definition) is 1. The van der Waals surface area contributed by atoms with Gasteiger partial charge in [0.1, 0.15) is 5.82 Å². The van der Waals surface area contributed by atoms with Gasteiger partial charge in [-0.3, -0.25) is 0 Å².